The lowest BCUT2D eigenvalue weighted by Gasteiger charge is -2.16. The van der Waals surface area contributed by atoms with Crippen LogP contribution in [0.5, 0.6) is 0 Å². The predicted octanol–water partition coefficient (Wildman–Crippen LogP) is 2.37. The molecule has 2 aromatic heterocycles. The van der Waals surface area contributed by atoms with E-state index in [1.165, 1.54) is 10.9 Å². The minimum Gasteiger partial charge on any atom is -0.315 e. The van der Waals surface area contributed by atoms with Gasteiger partial charge in [0.1, 0.15) is 0 Å². The van der Waals surface area contributed by atoms with E-state index in [-0.39, 0.29) is 24.2 Å². The molecule has 28 heavy (non-hydrogen) atoms. The monoisotopic (exact) mass is 380 g/mol. The molecule has 7 nitrogen and oxygen atoms in total. The number of imide groups is 1. The SMILES string of the molecule is CCn1ccc2c(cnn2C/C(=C/F)CN2C(=O)c3ccccc3C2=O)c1=O. The van der Waals surface area contributed by atoms with E-state index in [1.54, 1.807) is 41.1 Å². The van der Waals surface area contributed by atoms with E-state index < -0.39 is 11.8 Å². The number of pyridine rings is 1. The predicted molar refractivity (Wildman–Crippen MR) is 101 cm³/mol. The maximum Gasteiger partial charge on any atom is 0.261 e. The largest absolute Gasteiger partial charge is 0.315 e. The van der Waals surface area contributed by atoms with Crippen LogP contribution in [0.15, 0.2) is 59.4 Å². The number of hydrogen-bond donors (Lipinski definition) is 0. The third kappa shape index (κ3) is 2.74. The van der Waals surface area contributed by atoms with E-state index in [2.05, 4.69) is 5.10 Å². The van der Waals surface area contributed by atoms with E-state index in [1.807, 2.05) is 6.92 Å². The Labute approximate surface area is 159 Å². The topological polar surface area (TPSA) is 77.2 Å². The van der Waals surface area contributed by atoms with Gasteiger partial charge in [-0.3, -0.25) is 24.0 Å². The second-order valence-corrected chi connectivity index (χ2v) is 6.52. The van der Waals surface area contributed by atoms with Crippen LogP contribution in [0, 0.1) is 0 Å². The summed E-state index contributed by atoms with van der Waals surface area (Å²) in [7, 11) is 0. The number of carbonyl (C=O) groups is 2. The van der Waals surface area contributed by atoms with Gasteiger partial charge in [0.25, 0.3) is 17.4 Å². The van der Waals surface area contributed by atoms with Gasteiger partial charge in [0.05, 0.1) is 47.6 Å². The Morgan fingerprint density at radius 2 is 1.75 bits per heavy atom. The number of halogens is 1. The highest BCUT2D eigenvalue weighted by Crippen LogP contribution is 2.24. The molecule has 0 fully saturated rings. The maximum atomic E-state index is 13.6. The van der Waals surface area contributed by atoms with Crippen LogP contribution in [-0.2, 0) is 13.1 Å². The zero-order valence-corrected chi connectivity index (χ0v) is 15.1. The molecular formula is C20H17FN4O3. The number of carbonyl (C=O) groups excluding carboxylic acids is 2. The summed E-state index contributed by atoms with van der Waals surface area (Å²) in [5, 5.41) is 4.61. The number of benzene rings is 1. The second-order valence-electron chi connectivity index (χ2n) is 6.52. The Hall–Kier alpha value is -3.55. The number of nitrogens with zero attached hydrogens (tertiary/aromatic N) is 4. The van der Waals surface area contributed by atoms with Crippen molar-refractivity contribution in [2.24, 2.45) is 0 Å². The molecule has 8 heteroatoms. The van der Waals surface area contributed by atoms with Crippen molar-refractivity contribution >= 4 is 22.7 Å². The smallest absolute Gasteiger partial charge is 0.261 e. The molecule has 142 valence electrons. The second kappa shape index (κ2) is 6.88. The van der Waals surface area contributed by atoms with Crippen molar-refractivity contribution in [2.75, 3.05) is 6.54 Å². The van der Waals surface area contributed by atoms with E-state index in [0.29, 0.717) is 34.9 Å². The molecule has 0 atom stereocenters. The fourth-order valence-electron chi connectivity index (χ4n) is 3.39. The van der Waals surface area contributed by atoms with E-state index >= 15 is 0 Å². The van der Waals surface area contributed by atoms with Crippen molar-refractivity contribution < 1.29 is 14.0 Å². The maximum absolute atomic E-state index is 13.6. The highest BCUT2D eigenvalue weighted by molar-refractivity contribution is 6.21. The third-order valence-electron chi connectivity index (χ3n) is 4.87. The summed E-state index contributed by atoms with van der Waals surface area (Å²) in [5.74, 6) is -0.896. The number of rotatable bonds is 5. The summed E-state index contributed by atoms with van der Waals surface area (Å²) >= 11 is 0. The molecule has 0 saturated carbocycles. The summed E-state index contributed by atoms with van der Waals surface area (Å²) in [6.07, 6.45) is 3.48. The Bertz CT molecular complexity index is 1160. The van der Waals surface area contributed by atoms with Crippen molar-refractivity contribution in [2.45, 2.75) is 20.0 Å². The Balaban J connectivity index is 1.60. The minimum atomic E-state index is -0.448. The lowest BCUT2D eigenvalue weighted by Crippen LogP contribution is -2.32. The van der Waals surface area contributed by atoms with Crippen molar-refractivity contribution in [1.82, 2.24) is 19.2 Å². The molecule has 4 rings (SSSR count). The molecule has 0 saturated heterocycles. The van der Waals surface area contributed by atoms with Crippen LogP contribution in [0.3, 0.4) is 0 Å². The third-order valence-corrected chi connectivity index (χ3v) is 4.87. The van der Waals surface area contributed by atoms with Gasteiger partial charge in [-0.05, 0) is 30.7 Å². The van der Waals surface area contributed by atoms with Crippen LogP contribution >= 0.6 is 0 Å². The summed E-state index contributed by atoms with van der Waals surface area (Å²) in [6, 6.07) is 8.25. The van der Waals surface area contributed by atoms with Crippen LogP contribution < -0.4 is 5.56 Å². The van der Waals surface area contributed by atoms with Gasteiger partial charge < -0.3 is 4.57 Å². The summed E-state index contributed by atoms with van der Waals surface area (Å²) in [4.78, 5) is 38.3. The minimum absolute atomic E-state index is 0.0168. The molecule has 1 aliphatic heterocycles. The molecular weight excluding hydrogens is 363 g/mol. The zero-order valence-electron chi connectivity index (χ0n) is 15.1. The van der Waals surface area contributed by atoms with Crippen molar-refractivity contribution in [1.29, 1.82) is 0 Å². The Morgan fingerprint density at radius 3 is 2.36 bits per heavy atom. The van der Waals surface area contributed by atoms with E-state index in [9.17, 15) is 18.8 Å². The van der Waals surface area contributed by atoms with E-state index in [0.717, 1.165) is 4.90 Å². The van der Waals surface area contributed by atoms with Gasteiger partial charge in [-0.15, -0.1) is 0 Å². The van der Waals surface area contributed by atoms with Crippen LogP contribution in [0.2, 0.25) is 0 Å². The quantitative estimate of drug-likeness (QED) is 0.637. The average molecular weight is 380 g/mol. The number of aryl methyl sites for hydroxylation is 1. The van der Waals surface area contributed by atoms with Crippen molar-refractivity contribution in [3.8, 4) is 0 Å². The number of aromatic nitrogens is 3. The van der Waals surface area contributed by atoms with Gasteiger partial charge in [0.15, 0.2) is 0 Å². The molecule has 3 aromatic rings. The molecule has 0 bridgehead atoms. The molecule has 2 amide bonds. The van der Waals surface area contributed by atoms with Crippen LogP contribution in [0.4, 0.5) is 4.39 Å². The summed E-state index contributed by atoms with van der Waals surface area (Å²) in [5.41, 5.74) is 1.22. The van der Waals surface area contributed by atoms with Crippen LogP contribution in [0.1, 0.15) is 27.6 Å². The van der Waals surface area contributed by atoms with Crippen molar-refractivity contribution in [3.63, 3.8) is 0 Å². The number of hydrogen-bond acceptors (Lipinski definition) is 4. The average Bonchev–Trinajstić information content (AvgIpc) is 3.23. The summed E-state index contributed by atoms with van der Waals surface area (Å²) in [6.45, 7) is 2.23. The fraction of sp³-hybridized carbons (Fsp3) is 0.200. The van der Waals surface area contributed by atoms with Gasteiger partial charge in [-0.2, -0.15) is 5.10 Å². The van der Waals surface area contributed by atoms with Crippen LogP contribution in [-0.4, -0.2) is 37.6 Å². The molecule has 3 heterocycles. The molecule has 0 N–H and O–H groups in total. The Kier molecular flexibility index (Phi) is 4.38. The molecule has 1 aromatic carbocycles. The van der Waals surface area contributed by atoms with Crippen LogP contribution in [0.25, 0.3) is 10.9 Å². The highest BCUT2D eigenvalue weighted by Gasteiger charge is 2.35. The van der Waals surface area contributed by atoms with E-state index in [4.69, 9.17) is 0 Å². The first kappa shape index (κ1) is 17.8. The first-order chi connectivity index (χ1) is 13.5. The Morgan fingerprint density at radius 1 is 1.07 bits per heavy atom. The number of fused-ring (bicyclic) bond motifs is 2. The zero-order chi connectivity index (χ0) is 19.8. The van der Waals surface area contributed by atoms with Gasteiger partial charge in [-0.25, -0.2) is 4.39 Å². The normalized spacial score (nSPS) is 14.2. The fourth-order valence-corrected chi connectivity index (χ4v) is 3.39. The molecule has 1 aliphatic rings. The standard InChI is InChI=1S/C20H17FN4O3/c1-2-23-8-7-17-16(18(23)26)10-22-25(17)12-13(9-21)11-24-19(27)14-5-3-4-6-15(14)20(24)28/h3-10H,2,11-12H2,1H3/b13-9+. The summed E-state index contributed by atoms with van der Waals surface area (Å²) < 4.78 is 16.6. The molecule has 0 spiro atoms. The van der Waals surface area contributed by atoms with Gasteiger partial charge in [0.2, 0.25) is 0 Å². The first-order valence-corrected chi connectivity index (χ1v) is 8.83. The lowest BCUT2D eigenvalue weighted by atomic mass is 10.1. The van der Waals surface area contributed by atoms with Crippen molar-refractivity contribution in [3.05, 3.63) is 76.1 Å². The van der Waals surface area contributed by atoms with Gasteiger partial charge >= 0.3 is 0 Å². The van der Waals surface area contributed by atoms with Gasteiger partial charge in [-0.1, -0.05) is 12.1 Å². The first-order valence-electron chi connectivity index (χ1n) is 8.83. The number of amides is 2. The van der Waals surface area contributed by atoms with Gasteiger partial charge in [0, 0.05) is 12.7 Å². The molecule has 0 radical (unpaired) electrons. The lowest BCUT2D eigenvalue weighted by molar-refractivity contribution is 0.0666. The molecule has 0 unspecified atom stereocenters. The molecule has 0 aliphatic carbocycles. The highest BCUT2D eigenvalue weighted by atomic mass is 19.1.